The zero-order valence-corrected chi connectivity index (χ0v) is 16.3. The molecule has 7 nitrogen and oxygen atoms in total. The van der Waals surface area contributed by atoms with Crippen molar-refractivity contribution in [3.63, 3.8) is 0 Å². The Morgan fingerprint density at radius 3 is 2.38 bits per heavy atom. The lowest BCUT2D eigenvalue weighted by molar-refractivity contribution is 0.0915. The van der Waals surface area contributed by atoms with Crippen LogP contribution in [0.2, 0.25) is 0 Å². The predicted octanol–water partition coefficient (Wildman–Crippen LogP) is 4.32. The van der Waals surface area contributed by atoms with Crippen molar-refractivity contribution in [1.29, 1.82) is 0 Å². The topological polar surface area (TPSA) is 68.5 Å². The van der Waals surface area contributed by atoms with Gasteiger partial charge in [-0.2, -0.15) is 0 Å². The number of benzene rings is 2. The van der Waals surface area contributed by atoms with E-state index in [0.29, 0.717) is 23.9 Å². The first-order valence-corrected chi connectivity index (χ1v) is 9.15. The molecule has 0 spiro atoms. The van der Waals surface area contributed by atoms with Crippen molar-refractivity contribution in [2.24, 2.45) is 0 Å². The number of fused-ring (bicyclic) bond motifs is 2. The van der Waals surface area contributed by atoms with Gasteiger partial charge in [-0.15, -0.1) is 0 Å². The summed E-state index contributed by atoms with van der Waals surface area (Å²) >= 11 is 0. The van der Waals surface area contributed by atoms with E-state index in [9.17, 15) is 0 Å². The fraction of sp³-hybridized carbons (Fsp3) is 0.273. The Hall–Kier alpha value is -3.32. The molecule has 0 aliphatic carbocycles. The minimum absolute atomic E-state index is 0.223. The van der Waals surface area contributed by atoms with Crippen molar-refractivity contribution >= 4 is 0 Å². The van der Waals surface area contributed by atoms with E-state index in [2.05, 4.69) is 0 Å². The molecule has 0 radical (unpaired) electrons. The van der Waals surface area contributed by atoms with Crippen molar-refractivity contribution in [1.82, 2.24) is 0 Å². The van der Waals surface area contributed by atoms with Gasteiger partial charge in [0.15, 0.2) is 23.0 Å². The molecule has 0 N–H and O–H groups in total. The Morgan fingerprint density at radius 1 is 0.897 bits per heavy atom. The third-order valence-electron chi connectivity index (χ3n) is 5.23. The summed E-state index contributed by atoms with van der Waals surface area (Å²) in [5.74, 6) is 3.88. The fourth-order valence-corrected chi connectivity index (χ4v) is 3.83. The largest absolute Gasteiger partial charge is 0.493 e. The molecule has 2 aromatic carbocycles. The van der Waals surface area contributed by atoms with Gasteiger partial charge in [-0.25, -0.2) is 0 Å². The SMILES string of the molecule is COc1cc(-c2occ3c2CO[C@H]3c2ccc3c(c2)OCO3)cc(OC)c1OC. The molecule has 0 fully saturated rings. The van der Waals surface area contributed by atoms with Gasteiger partial charge in [-0.3, -0.25) is 0 Å². The fourth-order valence-electron chi connectivity index (χ4n) is 3.83. The lowest BCUT2D eigenvalue weighted by Gasteiger charge is -2.13. The number of methoxy groups -OCH3 is 3. The third-order valence-corrected chi connectivity index (χ3v) is 5.23. The molecule has 3 heterocycles. The Bertz CT molecular complexity index is 1040. The molecule has 1 aromatic heterocycles. The van der Waals surface area contributed by atoms with E-state index < -0.39 is 0 Å². The normalized spacial score (nSPS) is 16.6. The first-order valence-electron chi connectivity index (χ1n) is 9.15. The van der Waals surface area contributed by atoms with Crippen LogP contribution in [-0.2, 0) is 11.3 Å². The molecule has 2 aliphatic heterocycles. The second kappa shape index (κ2) is 6.93. The maximum absolute atomic E-state index is 6.09. The van der Waals surface area contributed by atoms with Gasteiger partial charge in [0, 0.05) is 16.7 Å². The molecule has 0 bridgehead atoms. The zero-order valence-electron chi connectivity index (χ0n) is 16.3. The summed E-state index contributed by atoms with van der Waals surface area (Å²) in [6.07, 6.45) is 1.52. The summed E-state index contributed by atoms with van der Waals surface area (Å²) < 4.78 is 39.3. The summed E-state index contributed by atoms with van der Waals surface area (Å²) in [4.78, 5) is 0. The van der Waals surface area contributed by atoms with Gasteiger partial charge in [0.1, 0.15) is 11.9 Å². The lowest BCUT2D eigenvalue weighted by atomic mass is 10.00. The van der Waals surface area contributed by atoms with E-state index in [0.717, 1.165) is 39.5 Å². The number of furan rings is 1. The number of rotatable bonds is 5. The predicted molar refractivity (Wildman–Crippen MR) is 103 cm³/mol. The average molecular weight is 396 g/mol. The third kappa shape index (κ3) is 2.77. The second-order valence-corrected chi connectivity index (χ2v) is 6.72. The molecule has 0 saturated heterocycles. The van der Waals surface area contributed by atoms with Gasteiger partial charge in [-0.05, 0) is 29.8 Å². The highest BCUT2D eigenvalue weighted by Crippen LogP contribution is 2.47. The number of hydrogen-bond acceptors (Lipinski definition) is 7. The summed E-state index contributed by atoms with van der Waals surface area (Å²) in [5, 5.41) is 0. The molecule has 0 unspecified atom stereocenters. The molecule has 5 rings (SSSR count). The van der Waals surface area contributed by atoms with Crippen molar-refractivity contribution in [2.75, 3.05) is 28.1 Å². The molecular formula is C22H20O7. The van der Waals surface area contributed by atoms with E-state index in [-0.39, 0.29) is 12.9 Å². The molecule has 3 aromatic rings. The van der Waals surface area contributed by atoms with Gasteiger partial charge < -0.3 is 32.8 Å². The first-order chi connectivity index (χ1) is 14.2. The quantitative estimate of drug-likeness (QED) is 0.636. The van der Waals surface area contributed by atoms with Crippen LogP contribution in [0.5, 0.6) is 28.7 Å². The van der Waals surface area contributed by atoms with Crippen LogP contribution in [0, 0.1) is 0 Å². The number of hydrogen-bond donors (Lipinski definition) is 0. The minimum Gasteiger partial charge on any atom is -0.493 e. The molecule has 2 aliphatic rings. The smallest absolute Gasteiger partial charge is 0.231 e. The van der Waals surface area contributed by atoms with Gasteiger partial charge in [0.25, 0.3) is 0 Å². The summed E-state index contributed by atoms with van der Waals surface area (Å²) in [7, 11) is 4.76. The maximum atomic E-state index is 6.09. The van der Waals surface area contributed by atoms with E-state index >= 15 is 0 Å². The van der Waals surface area contributed by atoms with Crippen LogP contribution < -0.4 is 23.7 Å². The highest BCUT2D eigenvalue weighted by molar-refractivity contribution is 5.71. The number of ether oxygens (including phenoxy) is 6. The Kier molecular flexibility index (Phi) is 4.24. The van der Waals surface area contributed by atoms with Crippen molar-refractivity contribution in [3.05, 3.63) is 53.3 Å². The standard InChI is InChI=1S/C22H20O7/c1-23-18-7-13(8-19(24-2)22(18)25-3)21-15-10-26-20(14(15)9-27-21)12-4-5-16-17(6-12)29-11-28-16/h4-9,20H,10-11H2,1-3H3/t20-/m0/s1. The minimum atomic E-state index is -0.223. The molecular weight excluding hydrogens is 376 g/mol. The highest BCUT2D eigenvalue weighted by atomic mass is 16.7. The van der Waals surface area contributed by atoms with Crippen LogP contribution in [0.25, 0.3) is 11.3 Å². The van der Waals surface area contributed by atoms with E-state index in [1.807, 2.05) is 30.3 Å². The Labute approximate surface area is 167 Å². The zero-order chi connectivity index (χ0) is 20.0. The molecule has 0 amide bonds. The molecule has 150 valence electrons. The van der Waals surface area contributed by atoms with Gasteiger partial charge in [0.05, 0.1) is 34.2 Å². The second-order valence-electron chi connectivity index (χ2n) is 6.72. The van der Waals surface area contributed by atoms with Crippen LogP contribution in [0.15, 0.2) is 41.0 Å². The van der Waals surface area contributed by atoms with Crippen LogP contribution in [-0.4, -0.2) is 28.1 Å². The average Bonchev–Trinajstić information content (AvgIpc) is 3.47. The molecule has 1 atom stereocenters. The van der Waals surface area contributed by atoms with Gasteiger partial charge in [-0.1, -0.05) is 6.07 Å². The first kappa shape index (κ1) is 17.8. The van der Waals surface area contributed by atoms with Crippen molar-refractivity contribution in [2.45, 2.75) is 12.7 Å². The molecule has 29 heavy (non-hydrogen) atoms. The van der Waals surface area contributed by atoms with Crippen LogP contribution >= 0.6 is 0 Å². The van der Waals surface area contributed by atoms with Crippen LogP contribution in [0.3, 0.4) is 0 Å². The summed E-state index contributed by atoms with van der Waals surface area (Å²) in [5.41, 5.74) is 3.82. The highest BCUT2D eigenvalue weighted by Gasteiger charge is 2.32. The van der Waals surface area contributed by atoms with Crippen molar-refractivity contribution in [3.8, 4) is 40.1 Å². The maximum Gasteiger partial charge on any atom is 0.231 e. The van der Waals surface area contributed by atoms with Crippen LogP contribution in [0.4, 0.5) is 0 Å². The van der Waals surface area contributed by atoms with E-state index in [1.54, 1.807) is 27.6 Å². The van der Waals surface area contributed by atoms with E-state index in [4.69, 9.17) is 32.8 Å². The van der Waals surface area contributed by atoms with E-state index in [1.165, 1.54) is 0 Å². The summed E-state index contributed by atoms with van der Waals surface area (Å²) in [6, 6.07) is 9.58. The monoisotopic (exact) mass is 396 g/mol. The molecule has 0 saturated carbocycles. The lowest BCUT2D eigenvalue weighted by Crippen LogP contribution is -1.97. The summed E-state index contributed by atoms with van der Waals surface area (Å²) in [6.45, 7) is 0.684. The van der Waals surface area contributed by atoms with Gasteiger partial charge >= 0.3 is 0 Å². The Morgan fingerprint density at radius 2 is 1.66 bits per heavy atom. The van der Waals surface area contributed by atoms with Crippen LogP contribution in [0.1, 0.15) is 22.8 Å². The Balaban J connectivity index is 1.54. The van der Waals surface area contributed by atoms with Crippen molar-refractivity contribution < 1.29 is 32.8 Å². The van der Waals surface area contributed by atoms with Gasteiger partial charge in [0.2, 0.25) is 12.5 Å². The molecule has 7 heteroatoms.